The number of carbonyl (C=O) groups excluding carboxylic acids is 2. The van der Waals surface area contributed by atoms with Gasteiger partial charge in [-0.2, -0.15) is 0 Å². The van der Waals surface area contributed by atoms with Gasteiger partial charge in [0.25, 0.3) is 10.0 Å². The van der Waals surface area contributed by atoms with Crippen molar-refractivity contribution in [3.8, 4) is 0 Å². The fourth-order valence-electron chi connectivity index (χ4n) is 3.76. The maximum Gasteiger partial charge on any atom is 0.264 e. The molecule has 0 heterocycles. The highest BCUT2D eigenvalue weighted by atomic mass is 35.5. The Balaban J connectivity index is 2.04. The molecule has 214 valence electrons. The second-order valence-corrected chi connectivity index (χ2v) is 13.0. The van der Waals surface area contributed by atoms with Gasteiger partial charge in [0.15, 0.2) is 0 Å². The van der Waals surface area contributed by atoms with E-state index in [0.717, 1.165) is 4.31 Å². The quantitative estimate of drug-likeness (QED) is 0.252. The van der Waals surface area contributed by atoms with E-state index in [-0.39, 0.29) is 44.0 Å². The second-order valence-electron chi connectivity index (χ2n) is 9.51. The first-order chi connectivity index (χ1) is 18.8. The number of amides is 2. The van der Waals surface area contributed by atoms with Crippen molar-refractivity contribution in [2.45, 2.75) is 38.3 Å². The number of rotatable bonds is 11. The molecule has 0 aliphatic heterocycles. The lowest BCUT2D eigenvalue weighted by Gasteiger charge is -2.32. The maximum atomic E-state index is 13.9. The van der Waals surface area contributed by atoms with Gasteiger partial charge in [-0.1, -0.05) is 84.5 Å². The first kappa shape index (κ1) is 32.0. The van der Waals surface area contributed by atoms with Gasteiger partial charge in [-0.25, -0.2) is 8.42 Å². The molecule has 1 atom stereocenters. The van der Waals surface area contributed by atoms with E-state index in [4.69, 9.17) is 46.4 Å². The molecule has 1 unspecified atom stereocenters. The van der Waals surface area contributed by atoms with Crippen molar-refractivity contribution >= 4 is 73.9 Å². The Labute approximate surface area is 255 Å². The summed E-state index contributed by atoms with van der Waals surface area (Å²) in [6, 6.07) is 15.9. The van der Waals surface area contributed by atoms with Crippen LogP contribution in [-0.2, 0) is 26.2 Å². The number of hydrogen-bond donors (Lipinski definition) is 1. The summed E-state index contributed by atoms with van der Waals surface area (Å²) in [7, 11) is -4.22. The Hall–Kier alpha value is -2.49. The molecular formula is C28H29Cl4N3O4S. The summed E-state index contributed by atoms with van der Waals surface area (Å²) in [6.45, 7) is 5.27. The van der Waals surface area contributed by atoms with Gasteiger partial charge in [0.05, 0.1) is 30.7 Å². The summed E-state index contributed by atoms with van der Waals surface area (Å²) >= 11 is 24.6. The minimum Gasteiger partial charge on any atom is -0.354 e. The Morgan fingerprint density at radius 2 is 1.43 bits per heavy atom. The first-order valence-corrected chi connectivity index (χ1v) is 15.3. The fourth-order valence-corrected chi connectivity index (χ4v) is 5.80. The number of nitrogens with one attached hydrogen (secondary N) is 1. The minimum absolute atomic E-state index is 0.0207. The van der Waals surface area contributed by atoms with Crippen molar-refractivity contribution in [1.82, 2.24) is 10.2 Å². The lowest BCUT2D eigenvalue weighted by molar-refractivity contribution is -0.139. The average molecular weight is 645 g/mol. The monoisotopic (exact) mass is 643 g/mol. The highest BCUT2D eigenvalue weighted by Crippen LogP contribution is 2.31. The molecule has 3 aromatic rings. The predicted molar refractivity (Wildman–Crippen MR) is 162 cm³/mol. The highest BCUT2D eigenvalue weighted by Gasteiger charge is 2.32. The van der Waals surface area contributed by atoms with Gasteiger partial charge in [0, 0.05) is 13.1 Å². The lowest BCUT2D eigenvalue weighted by Crippen LogP contribution is -2.51. The normalized spacial score (nSPS) is 12.2. The summed E-state index contributed by atoms with van der Waals surface area (Å²) in [6.07, 6.45) is 0. The zero-order chi connectivity index (χ0) is 29.6. The molecule has 2 amide bonds. The molecular weight excluding hydrogens is 616 g/mol. The molecule has 0 aliphatic rings. The zero-order valence-electron chi connectivity index (χ0n) is 22.1. The van der Waals surface area contributed by atoms with Crippen molar-refractivity contribution in [3.05, 3.63) is 92.4 Å². The van der Waals surface area contributed by atoms with E-state index < -0.39 is 28.5 Å². The standard InChI is InChI=1S/C28H29Cl4N3O4S/c1-18(2)15-33-28(37)19(3)34(16-20-9-11-23(29)25(31)13-20)27(36)17-35(21-10-12-24(30)26(32)14-21)40(38,39)22-7-5-4-6-8-22/h4-14,18-19H,15-17H2,1-3H3,(H,33,37). The molecule has 7 nitrogen and oxygen atoms in total. The van der Waals surface area contributed by atoms with Gasteiger partial charge in [-0.15, -0.1) is 0 Å². The number of anilines is 1. The predicted octanol–water partition coefficient (Wildman–Crippen LogP) is 6.69. The molecule has 0 fully saturated rings. The number of benzene rings is 3. The SMILES string of the molecule is CC(C)CNC(=O)C(C)N(Cc1ccc(Cl)c(Cl)c1)C(=O)CN(c1ccc(Cl)c(Cl)c1)S(=O)(=O)c1ccccc1. The summed E-state index contributed by atoms with van der Waals surface area (Å²) in [5.74, 6) is -0.811. The number of carbonyl (C=O) groups is 2. The lowest BCUT2D eigenvalue weighted by atomic mass is 10.1. The van der Waals surface area contributed by atoms with Crippen LogP contribution in [0.4, 0.5) is 5.69 Å². The number of sulfonamides is 1. The van der Waals surface area contributed by atoms with Crippen molar-refractivity contribution in [2.24, 2.45) is 5.92 Å². The first-order valence-electron chi connectivity index (χ1n) is 12.3. The minimum atomic E-state index is -4.22. The van der Waals surface area contributed by atoms with Gasteiger partial charge in [0.2, 0.25) is 11.8 Å². The van der Waals surface area contributed by atoms with Crippen LogP contribution >= 0.6 is 46.4 Å². The van der Waals surface area contributed by atoms with Crippen LogP contribution < -0.4 is 9.62 Å². The molecule has 0 spiro atoms. The molecule has 0 aromatic heterocycles. The van der Waals surface area contributed by atoms with E-state index in [1.165, 1.54) is 35.2 Å². The average Bonchev–Trinajstić information content (AvgIpc) is 2.92. The van der Waals surface area contributed by atoms with Crippen LogP contribution in [0, 0.1) is 5.92 Å². The summed E-state index contributed by atoms with van der Waals surface area (Å²) in [5, 5.41) is 3.80. The van der Waals surface area contributed by atoms with Crippen molar-refractivity contribution < 1.29 is 18.0 Å². The maximum absolute atomic E-state index is 13.9. The summed E-state index contributed by atoms with van der Waals surface area (Å²) in [5.41, 5.74) is 0.747. The van der Waals surface area contributed by atoms with E-state index in [2.05, 4.69) is 5.32 Å². The molecule has 12 heteroatoms. The van der Waals surface area contributed by atoms with Crippen LogP contribution in [0.1, 0.15) is 26.3 Å². The van der Waals surface area contributed by atoms with Crippen LogP contribution in [0.5, 0.6) is 0 Å². The van der Waals surface area contributed by atoms with Crippen molar-refractivity contribution in [2.75, 3.05) is 17.4 Å². The molecule has 0 bridgehead atoms. The van der Waals surface area contributed by atoms with Crippen LogP contribution in [0.3, 0.4) is 0 Å². The van der Waals surface area contributed by atoms with Gasteiger partial charge in [-0.3, -0.25) is 13.9 Å². The van der Waals surface area contributed by atoms with Gasteiger partial charge >= 0.3 is 0 Å². The molecule has 40 heavy (non-hydrogen) atoms. The zero-order valence-corrected chi connectivity index (χ0v) is 25.9. The third-order valence-corrected chi connectivity index (χ3v) is 9.26. The topological polar surface area (TPSA) is 86.8 Å². The van der Waals surface area contributed by atoms with Crippen molar-refractivity contribution in [3.63, 3.8) is 0 Å². The van der Waals surface area contributed by atoms with Crippen molar-refractivity contribution in [1.29, 1.82) is 0 Å². The molecule has 3 aromatic carbocycles. The van der Waals surface area contributed by atoms with E-state index in [0.29, 0.717) is 17.1 Å². The molecule has 3 rings (SSSR count). The summed E-state index contributed by atoms with van der Waals surface area (Å²) < 4.78 is 28.5. The largest absolute Gasteiger partial charge is 0.354 e. The Morgan fingerprint density at radius 3 is 2.00 bits per heavy atom. The Kier molecular flexibility index (Phi) is 11.1. The van der Waals surface area contributed by atoms with Crippen LogP contribution in [0.15, 0.2) is 71.6 Å². The molecule has 1 N–H and O–H groups in total. The van der Waals surface area contributed by atoms with Gasteiger partial charge in [-0.05, 0) is 60.9 Å². The van der Waals surface area contributed by atoms with E-state index in [9.17, 15) is 18.0 Å². The van der Waals surface area contributed by atoms with Gasteiger partial charge < -0.3 is 10.2 Å². The number of halogens is 4. The third kappa shape index (κ3) is 8.04. The van der Waals surface area contributed by atoms with Crippen LogP contribution in [0.2, 0.25) is 20.1 Å². The molecule has 0 radical (unpaired) electrons. The molecule has 0 saturated carbocycles. The second kappa shape index (κ2) is 13.9. The smallest absolute Gasteiger partial charge is 0.264 e. The fraction of sp³-hybridized carbons (Fsp3) is 0.286. The van der Waals surface area contributed by atoms with E-state index >= 15 is 0 Å². The third-order valence-electron chi connectivity index (χ3n) is 5.99. The van der Waals surface area contributed by atoms with E-state index in [1.807, 2.05) is 13.8 Å². The Bertz CT molecular complexity index is 1470. The molecule has 0 aliphatic carbocycles. The molecule has 0 saturated heterocycles. The van der Waals surface area contributed by atoms with Gasteiger partial charge in [0.1, 0.15) is 12.6 Å². The summed E-state index contributed by atoms with van der Waals surface area (Å²) in [4.78, 5) is 28.2. The highest BCUT2D eigenvalue weighted by molar-refractivity contribution is 7.92. The van der Waals surface area contributed by atoms with Crippen LogP contribution in [-0.4, -0.2) is 44.3 Å². The van der Waals surface area contributed by atoms with Crippen LogP contribution in [0.25, 0.3) is 0 Å². The number of hydrogen-bond acceptors (Lipinski definition) is 4. The number of nitrogens with zero attached hydrogens (tertiary/aromatic N) is 2. The van der Waals surface area contributed by atoms with E-state index in [1.54, 1.807) is 43.3 Å². The Morgan fingerprint density at radius 1 is 0.825 bits per heavy atom.